The van der Waals surface area contributed by atoms with E-state index >= 15 is 0 Å². The van der Waals surface area contributed by atoms with Gasteiger partial charge in [-0.05, 0) is 42.8 Å². The first-order chi connectivity index (χ1) is 12.1. The number of rotatable bonds is 5. The Morgan fingerprint density at radius 3 is 2.56 bits per heavy atom. The van der Waals surface area contributed by atoms with Crippen LogP contribution in [0.1, 0.15) is 22.8 Å². The van der Waals surface area contributed by atoms with E-state index < -0.39 is 0 Å². The van der Waals surface area contributed by atoms with E-state index in [0.717, 1.165) is 17.6 Å². The molecule has 0 saturated carbocycles. The molecule has 1 aromatic heterocycles. The molecule has 0 unspecified atom stereocenters. The molecule has 2 N–H and O–H groups in total. The lowest BCUT2D eigenvalue weighted by molar-refractivity contribution is -0.119. The molecule has 3 rings (SSSR count). The van der Waals surface area contributed by atoms with Gasteiger partial charge in [0, 0.05) is 24.8 Å². The van der Waals surface area contributed by atoms with Gasteiger partial charge in [-0.2, -0.15) is 0 Å². The molecule has 2 amide bonds. The lowest BCUT2D eigenvalue weighted by Crippen LogP contribution is -2.19. The zero-order valence-electron chi connectivity index (χ0n) is 14.1. The Kier molecular flexibility index (Phi) is 4.74. The third-order valence-corrected chi connectivity index (χ3v) is 3.93. The van der Waals surface area contributed by atoms with Gasteiger partial charge in [-0.25, -0.2) is 4.68 Å². The molecule has 0 aliphatic heterocycles. The second-order valence-corrected chi connectivity index (χ2v) is 5.61. The molecule has 0 aliphatic rings. The molecule has 7 heteroatoms. The van der Waals surface area contributed by atoms with Crippen LogP contribution in [-0.4, -0.2) is 33.9 Å². The summed E-state index contributed by atoms with van der Waals surface area (Å²) in [6.07, 6.45) is 0.314. The van der Waals surface area contributed by atoms with E-state index in [1.807, 2.05) is 25.1 Å². The largest absolute Gasteiger partial charge is 0.359 e. The van der Waals surface area contributed by atoms with Crippen LogP contribution in [0.3, 0.4) is 0 Å². The summed E-state index contributed by atoms with van der Waals surface area (Å²) in [5.41, 5.74) is 3.66. The zero-order valence-corrected chi connectivity index (χ0v) is 14.1. The molecular formula is C18H19N5O2. The van der Waals surface area contributed by atoms with E-state index in [4.69, 9.17) is 0 Å². The maximum Gasteiger partial charge on any atom is 0.255 e. The van der Waals surface area contributed by atoms with Crippen LogP contribution in [0.2, 0.25) is 0 Å². The summed E-state index contributed by atoms with van der Waals surface area (Å²) in [5, 5.41) is 13.5. The normalized spacial score (nSPS) is 10.6. The quantitative estimate of drug-likeness (QED) is 0.745. The van der Waals surface area contributed by atoms with Crippen LogP contribution in [0, 0.1) is 0 Å². The number of aromatic nitrogens is 3. The molecule has 3 aromatic rings. The first kappa shape index (κ1) is 16.6. The molecule has 128 valence electrons. The summed E-state index contributed by atoms with van der Waals surface area (Å²) in [5.74, 6) is -0.266. The van der Waals surface area contributed by atoms with E-state index in [1.54, 1.807) is 36.0 Å². The van der Waals surface area contributed by atoms with Gasteiger partial charge in [0.15, 0.2) is 0 Å². The Labute approximate surface area is 145 Å². The average molecular weight is 337 g/mol. The SMILES string of the molecule is CCn1nnc2cc(C(=O)Nc3ccc(CC(=O)NC)cc3)ccc21. The monoisotopic (exact) mass is 337 g/mol. The van der Waals surface area contributed by atoms with Crippen molar-refractivity contribution < 1.29 is 9.59 Å². The number of aryl methyl sites for hydroxylation is 1. The van der Waals surface area contributed by atoms with Gasteiger partial charge in [0.1, 0.15) is 5.52 Å². The fourth-order valence-corrected chi connectivity index (χ4v) is 2.53. The number of amides is 2. The predicted molar refractivity (Wildman–Crippen MR) is 95.4 cm³/mol. The van der Waals surface area contributed by atoms with Crippen LogP contribution in [0.25, 0.3) is 11.0 Å². The maximum atomic E-state index is 12.4. The van der Waals surface area contributed by atoms with Gasteiger partial charge in [0.2, 0.25) is 5.91 Å². The van der Waals surface area contributed by atoms with Crippen LogP contribution in [0.15, 0.2) is 42.5 Å². The minimum Gasteiger partial charge on any atom is -0.359 e. The van der Waals surface area contributed by atoms with Crippen LogP contribution < -0.4 is 10.6 Å². The number of anilines is 1. The molecule has 0 spiro atoms. The highest BCUT2D eigenvalue weighted by Gasteiger charge is 2.10. The zero-order chi connectivity index (χ0) is 17.8. The summed E-state index contributed by atoms with van der Waals surface area (Å²) in [6, 6.07) is 12.5. The van der Waals surface area contributed by atoms with E-state index in [1.165, 1.54) is 0 Å². The van der Waals surface area contributed by atoms with Gasteiger partial charge in [0.25, 0.3) is 5.91 Å². The Bertz CT molecular complexity index is 915. The second kappa shape index (κ2) is 7.12. The summed E-state index contributed by atoms with van der Waals surface area (Å²) >= 11 is 0. The van der Waals surface area contributed by atoms with Crippen molar-refractivity contribution in [3.63, 3.8) is 0 Å². The van der Waals surface area contributed by atoms with Crippen molar-refractivity contribution in [3.8, 4) is 0 Å². The van der Waals surface area contributed by atoms with Gasteiger partial charge >= 0.3 is 0 Å². The van der Waals surface area contributed by atoms with Gasteiger partial charge in [-0.15, -0.1) is 5.10 Å². The fourth-order valence-electron chi connectivity index (χ4n) is 2.53. The first-order valence-corrected chi connectivity index (χ1v) is 8.05. The van der Waals surface area contributed by atoms with Crippen molar-refractivity contribution >= 4 is 28.5 Å². The number of nitrogens with one attached hydrogen (secondary N) is 2. The van der Waals surface area contributed by atoms with E-state index in [9.17, 15) is 9.59 Å². The van der Waals surface area contributed by atoms with Gasteiger partial charge in [-0.3, -0.25) is 9.59 Å². The fraction of sp³-hybridized carbons (Fsp3) is 0.222. The van der Waals surface area contributed by atoms with Crippen molar-refractivity contribution in [3.05, 3.63) is 53.6 Å². The molecule has 25 heavy (non-hydrogen) atoms. The third-order valence-electron chi connectivity index (χ3n) is 3.93. The highest BCUT2D eigenvalue weighted by atomic mass is 16.2. The van der Waals surface area contributed by atoms with Crippen LogP contribution >= 0.6 is 0 Å². The van der Waals surface area contributed by atoms with E-state index in [-0.39, 0.29) is 11.8 Å². The lowest BCUT2D eigenvalue weighted by Gasteiger charge is -2.07. The van der Waals surface area contributed by atoms with Crippen LogP contribution in [0.4, 0.5) is 5.69 Å². The van der Waals surface area contributed by atoms with Crippen molar-refractivity contribution in [2.45, 2.75) is 19.9 Å². The first-order valence-electron chi connectivity index (χ1n) is 8.05. The Hall–Kier alpha value is -3.22. The van der Waals surface area contributed by atoms with Crippen molar-refractivity contribution in [2.75, 3.05) is 12.4 Å². The van der Waals surface area contributed by atoms with Crippen molar-refractivity contribution in [1.82, 2.24) is 20.3 Å². The van der Waals surface area contributed by atoms with E-state index in [0.29, 0.717) is 23.2 Å². The molecular weight excluding hydrogens is 318 g/mol. The third kappa shape index (κ3) is 3.65. The number of carbonyl (C=O) groups excluding carboxylic acids is 2. The van der Waals surface area contributed by atoms with Crippen molar-refractivity contribution in [1.29, 1.82) is 0 Å². The minimum atomic E-state index is -0.216. The van der Waals surface area contributed by atoms with E-state index in [2.05, 4.69) is 20.9 Å². The Balaban J connectivity index is 1.72. The summed E-state index contributed by atoms with van der Waals surface area (Å²) in [4.78, 5) is 23.8. The van der Waals surface area contributed by atoms with Crippen molar-refractivity contribution in [2.24, 2.45) is 0 Å². The minimum absolute atomic E-state index is 0.0507. The number of benzene rings is 2. The Morgan fingerprint density at radius 1 is 1.12 bits per heavy atom. The molecule has 0 fully saturated rings. The summed E-state index contributed by atoms with van der Waals surface area (Å²) in [6.45, 7) is 2.72. The summed E-state index contributed by atoms with van der Waals surface area (Å²) < 4.78 is 1.78. The molecule has 0 saturated heterocycles. The molecule has 0 bridgehead atoms. The predicted octanol–water partition coefficient (Wildman–Crippen LogP) is 1.99. The maximum absolute atomic E-state index is 12.4. The van der Waals surface area contributed by atoms with Gasteiger partial charge < -0.3 is 10.6 Å². The number of fused-ring (bicyclic) bond motifs is 1. The molecule has 0 radical (unpaired) electrons. The number of nitrogens with zero attached hydrogens (tertiary/aromatic N) is 3. The highest BCUT2D eigenvalue weighted by Crippen LogP contribution is 2.16. The lowest BCUT2D eigenvalue weighted by atomic mass is 10.1. The number of carbonyl (C=O) groups is 2. The van der Waals surface area contributed by atoms with Gasteiger partial charge in [-0.1, -0.05) is 17.3 Å². The average Bonchev–Trinajstić information content (AvgIpc) is 3.05. The molecule has 2 aromatic carbocycles. The summed E-state index contributed by atoms with van der Waals surface area (Å²) in [7, 11) is 1.60. The molecule has 0 atom stereocenters. The highest BCUT2D eigenvalue weighted by molar-refractivity contribution is 6.05. The Morgan fingerprint density at radius 2 is 1.88 bits per heavy atom. The number of hydrogen-bond acceptors (Lipinski definition) is 4. The van der Waals surface area contributed by atoms with Crippen LogP contribution in [0.5, 0.6) is 0 Å². The van der Waals surface area contributed by atoms with Crippen LogP contribution in [-0.2, 0) is 17.8 Å². The molecule has 7 nitrogen and oxygen atoms in total. The standard InChI is InChI=1S/C18H19N5O2/c1-3-23-16-9-6-13(11-15(16)21-22-23)18(25)20-14-7-4-12(5-8-14)10-17(24)19-2/h4-9,11H,3,10H2,1-2H3,(H,19,24)(H,20,25). The topological polar surface area (TPSA) is 88.9 Å². The second-order valence-electron chi connectivity index (χ2n) is 5.61. The smallest absolute Gasteiger partial charge is 0.255 e. The van der Waals surface area contributed by atoms with Gasteiger partial charge in [0.05, 0.1) is 11.9 Å². The number of likely N-dealkylation sites (N-methyl/N-ethyl adjacent to an activating group) is 1. The molecule has 0 aliphatic carbocycles. The number of hydrogen-bond donors (Lipinski definition) is 2. The molecule has 1 heterocycles.